The summed E-state index contributed by atoms with van der Waals surface area (Å²) in [5.74, 6) is -3.14. The van der Waals surface area contributed by atoms with Crippen molar-refractivity contribution in [1.29, 1.82) is 0 Å². The highest BCUT2D eigenvalue weighted by Gasteiger charge is 2.21. The van der Waals surface area contributed by atoms with E-state index in [-0.39, 0.29) is 12.8 Å². The van der Waals surface area contributed by atoms with Gasteiger partial charge in [-0.3, -0.25) is 14.4 Å². The van der Waals surface area contributed by atoms with Crippen molar-refractivity contribution in [2.75, 3.05) is 0 Å². The normalized spacial score (nSPS) is 9.88. The molecule has 0 bridgehead atoms. The van der Waals surface area contributed by atoms with Gasteiger partial charge in [-0.05, 0) is 24.0 Å². The molecule has 2 aromatic rings. The Morgan fingerprint density at radius 2 is 1.00 bits per heavy atom. The fraction of sp³-hybridized carbons (Fsp3) is 0.250. The SMILES string of the molecule is O=C(O)C(c1ccccc1)c1ccccc1.O=C(O)CCCCC(=O)O. The summed E-state index contributed by atoms with van der Waals surface area (Å²) in [6.45, 7) is 0. The van der Waals surface area contributed by atoms with E-state index in [9.17, 15) is 19.5 Å². The second-order valence-electron chi connectivity index (χ2n) is 5.59. The molecule has 6 nitrogen and oxygen atoms in total. The number of rotatable bonds is 8. The van der Waals surface area contributed by atoms with Gasteiger partial charge < -0.3 is 15.3 Å². The molecule has 0 radical (unpaired) electrons. The van der Waals surface area contributed by atoms with Crippen LogP contribution in [-0.2, 0) is 14.4 Å². The number of aliphatic carboxylic acids is 3. The van der Waals surface area contributed by atoms with Gasteiger partial charge in [0.15, 0.2) is 0 Å². The molecule has 0 atom stereocenters. The summed E-state index contributed by atoms with van der Waals surface area (Å²) >= 11 is 0. The van der Waals surface area contributed by atoms with Gasteiger partial charge in [-0.25, -0.2) is 0 Å². The van der Waals surface area contributed by atoms with Crippen LogP contribution in [0.15, 0.2) is 60.7 Å². The molecule has 0 heterocycles. The summed E-state index contributed by atoms with van der Waals surface area (Å²) in [6, 6.07) is 18.5. The van der Waals surface area contributed by atoms with Crippen LogP contribution in [0.1, 0.15) is 42.7 Å². The zero-order valence-corrected chi connectivity index (χ0v) is 14.2. The van der Waals surface area contributed by atoms with Gasteiger partial charge in [0.1, 0.15) is 5.92 Å². The minimum atomic E-state index is -0.870. The summed E-state index contributed by atoms with van der Waals surface area (Å²) in [7, 11) is 0. The number of unbranched alkanes of at least 4 members (excludes halogenated alkanes) is 1. The maximum absolute atomic E-state index is 11.3. The molecule has 6 heteroatoms. The lowest BCUT2D eigenvalue weighted by atomic mass is 9.92. The van der Waals surface area contributed by atoms with E-state index >= 15 is 0 Å². The maximum Gasteiger partial charge on any atom is 0.315 e. The van der Waals surface area contributed by atoms with Crippen molar-refractivity contribution in [3.8, 4) is 0 Å². The molecule has 2 aromatic carbocycles. The number of hydrogen-bond acceptors (Lipinski definition) is 3. The van der Waals surface area contributed by atoms with Crippen LogP contribution >= 0.6 is 0 Å². The second kappa shape index (κ2) is 11.4. The first kappa shape index (κ1) is 20.9. The zero-order valence-electron chi connectivity index (χ0n) is 14.2. The van der Waals surface area contributed by atoms with Gasteiger partial charge in [0.05, 0.1) is 0 Å². The van der Waals surface area contributed by atoms with Crippen LogP contribution in [0.2, 0.25) is 0 Å². The van der Waals surface area contributed by atoms with Crippen LogP contribution in [0.25, 0.3) is 0 Å². The molecular weight excluding hydrogens is 336 g/mol. The average Bonchev–Trinajstić information content (AvgIpc) is 2.61. The molecule has 0 aliphatic rings. The number of carboxylic acid groups (broad SMARTS) is 3. The van der Waals surface area contributed by atoms with Crippen molar-refractivity contribution < 1.29 is 29.7 Å². The Bertz CT molecular complexity index is 641. The Hall–Kier alpha value is -3.15. The number of carbonyl (C=O) groups is 3. The number of benzene rings is 2. The van der Waals surface area contributed by atoms with Crippen molar-refractivity contribution >= 4 is 17.9 Å². The van der Waals surface area contributed by atoms with Gasteiger partial charge in [-0.2, -0.15) is 0 Å². The van der Waals surface area contributed by atoms with Crippen molar-refractivity contribution in [2.24, 2.45) is 0 Å². The predicted octanol–water partition coefficient (Wildman–Crippen LogP) is 3.62. The standard InChI is InChI=1S/C14H12O2.C6H10O4/c15-14(16)13(11-7-3-1-4-8-11)12-9-5-2-6-10-12;7-5(8)3-1-2-4-6(9)10/h1-10,13H,(H,15,16);1-4H2,(H,7,8)(H,9,10). The highest BCUT2D eigenvalue weighted by atomic mass is 16.4. The zero-order chi connectivity index (χ0) is 19.4. The molecule has 0 fully saturated rings. The van der Waals surface area contributed by atoms with E-state index < -0.39 is 23.8 Å². The van der Waals surface area contributed by atoms with Crippen LogP contribution in [-0.4, -0.2) is 33.2 Å². The molecule has 0 aromatic heterocycles. The van der Waals surface area contributed by atoms with E-state index in [0.29, 0.717) is 12.8 Å². The van der Waals surface area contributed by atoms with Crippen LogP contribution in [0, 0.1) is 0 Å². The number of hydrogen-bond donors (Lipinski definition) is 3. The molecule has 0 saturated carbocycles. The molecule has 0 spiro atoms. The largest absolute Gasteiger partial charge is 0.481 e. The van der Waals surface area contributed by atoms with E-state index in [1.54, 1.807) is 0 Å². The third-order valence-corrected chi connectivity index (χ3v) is 3.54. The quantitative estimate of drug-likeness (QED) is 0.621. The Kier molecular flexibility index (Phi) is 9.17. The summed E-state index contributed by atoms with van der Waals surface area (Å²) in [6.07, 6.45) is 1.02. The molecule has 0 saturated heterocycles. The summed E-state index contributed by atoms with van der Waals surface area (Å²) < 4.78 is 0. The predicted molar refractivity (Wildman–Crippen MR) is 96.1 cm³/mol. The van der Waals surface area contributed by atoms with E-state index in [4.69, 9.17) is 10.2 Å². The Labute approximate surface area is 151 Å². The smallest absolute Gasteiger partial charge is 0.315 e. The molecule has 26 heavy (non-hydrogen) atoms. The monoisotopic (exact) mass is 358 g/mol. The minimum Gasteiger partial charge on any atom is -0.481 e. The molecule has 0 unspecified atom stereocenters. The third kappa shape index (κ3) is 8.10. The molecule has 3 N–H and O–H groups in total. The molecule has 2 rings (SSSR count). The Morgan fingerprint density at radius 1 is 0.654 bits per heavy atom. The third-order valence-electron chi connectivity index (χ3n) is 3.54. The molecular formula is C20H22O6. The van der Waals surface area contributed by atoms with Gasteiger partial charge in [-0.1, -0.05) is 60.7 Å². The summed E-state index contributed by atoms with van der Waals surface area (Å²) in [5, 5.41) is 25.5. The van der Waals surface area contributed by atoms with Crippen molar-refractivity contribution in [1.82, 2.24) is 0 Å². The van der Waals surface area contributed by atoms with Crippen molar-refractivity contribution in [3.05, 3.63) is 71.8 Å². The highest BCUT2D eigenvalue weighted by molar-refractivity contribution is 5.80. The first-order valence-corrected chi connectivity index (χ1v) is 8.18. The second-order valence-corrected chi connectivity index (χ2v) is 5.59. The maximum atomic E-state index is 11.3. The summed E-state index contributed by atoms with van der Waals surface area (Å²) in [4.78, 5) is 31.1. The average molecular weight is 358 g/mol. The Balaban J connectivity index is 0.000000294. The van der Waals surface area contributed by atoms with Crippen LogP contribution in [0.3, 0.4) is 0 Å². The first-order chi connectivity index (χ1) is 12.4. The molecule has 138 valence electrons. The van der Waals surface area contributed by atoms with E-state index in [2.05, 4.69) is 0 Å². The lowest BCUT2D eigenvalue weighted by Crippen LogP contribution is -2.12. The van der Waals surface area contributed by atoms with E-state index in [0.717, 1.165) is 11.1 Å². The van der Waals surface area contributed by atoms with Gasteiger partial charge in [0.2, 0.25) is 0 Å². The first-order valence-electron chi connectivity index (χ1n) is 8.18. The van der Waals surface area contributed by atoms with Crippen LogP contribution < -0.4 is 0 Å². The van der Waals surface area contributed by atoms with Gasteiger partial charge >= 0.3 is 17.9 Å². The van der Waals surface area contributed by atoms with Gasteiger partial charge in [0.25, 0.3) is 0 Å². The summed E-state index contributed by atoms with van der Waals surface area (Å²) in [5.41, 5.74) is 1.61. The van der Waals surface area contributed by atoms with Gasteiger partial charge in [-0.15, -0.1) is 0 Å². The molecule has 0 amide bonds. The molecule has 0 aliphatic carbocycles. The minimum absolute atomic E-state index is 0.0628. The van der Waals surface area contributed by atoms with E-state index in [1.165, 1.54) is 0 Å². The fourth-order valence-corrected chi connectivity index (χ4v) is 2.32. The number of carboxylic acids is 3. The van der Waals surface area contributed by atoms with Crippen LogP contribution in [0.5, 0.6) is 0 Å². The van der Waals surface area contributed by atoms with Gasteiger partial charge in [0, 0.05) is 12.8 Å². The lowest BCUT2D eigenvalue weighted by Gasteiger charge is -2.12. The van der Waals surface area contributed by atoms with Crippen LogP contribution in [0.4, 0.5) is 0 Å². The lowest BCUT2D eigenvalue weighted by molar-refractivity contribution is -0.139. The van der Waals surface area contributed by atoms with Crippen molar-refractivity contribution in [3.63, 3.8) is 0 Å². The fourth-order valence-electron chi connectivity index (χ4n) is 2.32. The van der Waals surface area contributed by atoms with Crippen molar-refractivity contribution in [2.45, 2.75) is 31.6 Å². The molecule has 0 aliphatic heterocycles. The topological polar surface area (TPSA) is 112 Å². The Morgan fingerprint density at radius 3 is 1.27 bits per heavy atom. The van der Waals surface area contributed by atoms with E-state index in [1.807, 2.05) is 60.7 Å². The highest BCUT2D eigenvalue weighted by Crippen LogP contribution is 2.24.